The van der Waals surface area contributed by atoms with Crippen LogP contribution in [0.5, 0.6) is 0 Å². The van der Waals surface area contributed by atoms with E-state index < -0.39 is 0 Å². The molecule has 82 valence electrons. The highest BCUT2D eigenvalue weighted by Crippen LogP contribution is 2.16. The lowest BCUT2D eigenvalue weighted by molar-refractivity contribution is 0.236. The van der Waals surface area contributed by atoms with Crippen LogP contribution in [0.25, 0.3) is 0 Å². The quantitative estimate of drug-likeness (QED) is 0.706. The molecule has 0 radical (unpaired) electrons. The molecule has 0 bridgehead atoms. The zero-order chi connectivity index (χ0) is 10.2. The lowest BCUT2D eigenvalue weighted by Gasteiger charge is -2.22. The molecule has 0 atom stereocenters. The standard InChI is InChI=1S/C10H20N2OS/c1-2-3-6-11-10(13)12-9-4-7-14-8-5-9/h9H,2-8H2,1H3,(H2,11,12,13). The van der Waals surface area contributed by atoms with Crippen LogP contribution in [0.1, 0.15) is 32.6 Å². The molecule has 1 aliphatic heterocycles. The van der Waals surface area contributed by atoms with Crippen LogP contribution in [-0.4, -0.2) is 30.1 Å². The Labute approximate surface area is 90.4 Å². The Morgan fingerprint density at radius 3 is 2.79 bits per heavy atom. The number of thioether (sulfide) groups is 1. The molecule has 1 fully saturated rings. The second-order valence-corrected chi connectivity index (χ2v) is 4.87. The molecular weight excluding hydrogens is 196 g/mol. The highest BCUT2D eigenvalue weighted by Gasteiger charge is 2.15. The van der Waals surface area contributed by atoms with Crippen molar-refractivity contribution in [3.8, 4) is 0 Å². The van der Waals surface area contributed by atoms with E-state index in [4.69, 9.17) is 0 Å². The summed E-state index contributed by atoms with van der Waals surface area (Å²) in [7, 11) is 0. The van der Waals surface area contributed by atoms with E-state index in [-0.39, 0.29) is 6.03 Å². The van der Waals surface area contributed by atoms with Gasteiger partial charge in [-0.2, -0.15) is 11.8 Å². The maximum atomic E-state index is 11.4. The summed E-state index contributed by atoms with van der Waals surface area (Å²) in [6.45, 7) is 2.92. The van der Waals surface area contributed by atoms with Crippen molar-refractivity contribution in [1.82, 2.24) is 10.6 Å². The number of amides is 2. The Bertz CT molecular complexity index is 170. The second kappa shape index (κ2) is 6.98. The molecule has 0 saturated carbocycles. The van der Waals surface area contributed by atoms with Gasteiger partial charge in [-0.3, -0.25) is 0 Å². The molecule has 0 aromatic carbocycles. The Balaban J connectivity index is 2.06. The van der Waals surface area contributed by atoms with Gasteiger partial charge < -0.3 is 10.6 Å². The van der Waals surface area contributed by atoms with E-state index in [0.717, 1.165) is 32.2 Å². The van der Waals surface area contributed by atoms with Gasteiger partial charge in [0.25, 0.3) is 0 Å². The van der Waals surface area contributed by atoms with Crippen molar-refractivity contribution in [2.24, 2.45) is 0 Å². The normalized spacial score (nSPS) is 17.8. The van der Waals surface area contributed by atoms with Gasteiger partial charge >= 0.3 is 6.03 Å². The number of urea groups is 1. The van der Waals surface area contributed by atoms with Crippen molar-refractivity contribution in [2.45, 2.75) is 38.6 Å². The van der Waals surface area contributed by atoms with Crippen molar-refractivity contribution >= 4 is 17.8 Å². The summed E-state index contributed by atoms with van der Waals surface area (Å²) in [6, 6.07) is 0.410. The second-order valence-electron chi connectivity index (χ2n) is 3.64. The number of carbonyl (C=O) groups excluding carboxylic acids is 1. The van der Waals surface area contributed by atoms with Crippen LogP contribution in [0.2, 0.25) is 0 Å². The molecule has 3 nitrogen and oxygen atoms in total. The number of unbranched alkanes of at least 4 members (excludes halogenated alkanes) is 1. The molecule has 0 aliphatic carbocycles. The van der Waals surface area contributed by atoms with Gasteiger partial charge in [0.05, 0.1) is 0 Å². The first-order valence-electron chi connectivity index (χ1n) is 5.45. The molecular formula is C10H20N2OS. The van der Waals surface area contributed by atoms with E-state index in [1.165, 1.54) is 11.5 Å². The molecule has 14 heavy (non-hydrogen) atoms. The molecule has 0 spiro atoms. The number of hydrogen-bond acceptors (Lipinski definition) is 2. The predicted octanol–water partition coefficient (Wildman–Crippen LogP) is 1.98. The smallest absolute Gasteiger partial charge is 0.315 e. The van der Waals surface area contributed by atoms with Crippen LogP contribution in [0.4, 0.5) is 4.79 Å². The van der Waals surface area contributed by atoms with Gasteiger partial charge in [0.15, 0.2) is 0 Å². The van der Waals surface area contributed by atoms with Gasteiger partial charge in [-0.1, -0.05) is 13.3 Å². The maximum Gasteiger partial charge on any atom is 0.315 e. The van der Waals surface area contributed by atoms with Crippen LogP contribution < -0.4 is 10.6 Å². The summed E-state index contributed by atoms with van der Waals surface area (Å²) in [4.78, 5) is 11.4. The van der Waals surface area contributed by atoms with Gasteiger partial charge in [-0.25, -0.2) is 4.79 Å². The zero-order valence-corrected chi connectivity index (χ0v) is 9.66. The van der Waals surface area contributed by atoms with Crippen molar-refractivity contribution in [2.75, 3.05) is 18.1 Å². The summed E-state index contributed by atoms with van der Waals surface area (Å²) in [5, 5.41) is 5.89. The fraction of sp³-hybridized carbons (Fsp3) is 0.900. The molecule has 1 rings (SSSR count). The molecule has 1 saturated heterocycles. The third kappa shape index (κ3) is 4.74. The lowest BCUT2D eigenvalue weighted by atomic mass is 10.2. The van der Waals surface area contributed by atoms with Crippen LogP contribution in [0.15, 0.2) is 0 Å². The van der Waals surface area contributed by atoms with E-state index in [2.05, 4.69) is 17.6 Å². The first-order valence-corrected chi connectivity index (χ1v) is 6.60. The van der Waals surface area contributed by atoms with Crippen molar-refractivity contribution < 1.29 is 4.79 Å². The summed E-state index contributed by atoms with van der Waals surface area (Å²) in [5.74, 6) is 2.36. The summed E-state index contributed by atoms with van der Waals surface area (Å²) in [5.41, 5.74) is 0. The number of nitrogens with one attached hydrogen (secondary N) is 2. The number of hydrogen-bond donors (Lipinski definition) is 2. The molecule has 4 heteroatoms. The third-order valence-electron chi connectivity index (χ3n) is 2.37. The summed E-state index contributed by atoms with van der Waals surface area (Å²) < 4.78 is 0. The van der Waals surface area contributed by atoms with Gasteiger partial charge in [0.2, 0.25) is 0 Å². The average Bonchev–Trinajstić information content (AvgIpc) is 2.20. The SMILES string of the molecule is CCCCNC(=O)NC1CCSCC1. The Morgan fingerprint density at radius 2 is 2.14 bits per heavy atom. The Kier molecular flexibility index (Phi) is 5.83. The highest BCUT2D eigenvalue weighted by molar-refractivity contribution is 7.99. The maximum absolute atomic E-state index is 11.4. The van der Waals surface area contributed by atoms with Gasteiger partial charge in [-0.05, 0) is 30.8 Å². The van der Waals surface area contributed by atoms with Crippen molar-refractivity contribution in [3.05, 3.63) is 0 Å². The van der Waals surface area contributed by atoms with E-state index in [1.54, 1.807) is 0 Å². The third-order valence-corrected chi connectivity index (χ3v) is 3.42. The molecule has 0 aromatic heterocycles. The largest absolute Gasteiger partial charge is 0.338 e. The van der Waals surface area contributed by atoms with E-state index in [0.29, 0.717) is 6.04 Å². The summed E-state index contributed by atoms with van der Waals surface area (Å²) >= 11 is 1.98. The molecule has 2 amide bonds. The molecule has 0 aromatic rings. The van der Waals surface area contributed by atoms with Crippen molar-refractivity contribution in [1.29, 1.82) is 0 Å². The van der Waals surface area contributed by atoms with E-state index in [9.17, 15) is 4.79 Å². The van der Waals surface area contributed by atoms with Crippen LogP contribution in [0.3, 0.4) is 0 Å². The lowest BCUT2D eigenvalue weighted by Crippen LogP contribution is -2.43. The fourth-order valence-corrected chi connectivity index (χ4v) is 2.56. The number of carbonyl (C=O) groups is 1. The first-order chi connectivity index (χ1) is 6.83. The summed E-state index contributed by atoms with van der Waals surface area (Å²) in [6.07, 6.45) is 4.42. The minimum Gasteiger partial charge on any atom is -0.338 e. The topological polar surface area (TPSA) is 41.1 Å². The number of rotatable bonds is 4. The van der Waals surface area contributed by atoms with Crippen LogP contribution in [-0.2, 0) is 0 Å². The minimum atomic E-state index is 0.00958. The first kappa shape index (κ1) is 11.7. The molecule has 1 heterocycles. The average molecular weight is 216 g/mol. The van der Waals surface area contributed by atoms with E-state index >= 15 is 0 Å². The van der Waals surface area contributed by atoms with Gasteiger partial charge in [-0.15, -0.1) is 0 Å². The molecule has 1 aliphatic rings. The van der Waals surface area contributed by atoms with Crippen LogP contribution >= 0.6 is 11.8 Å². The van der Waals surface area contributed by atoms with E-state index in [1.807, 2.05) is 11.8 Å². The van der Waals surface area contributed by atoms with Crippen molar-refractivity contribution in [3.63, 3.8) is 0 Å². The monoisotopic (exact) mass is 216 g/mol. The zero-order valence-electron chi connectivity index (χ0n) is 8.84. The molecule has 2 N–H and O–H groups in total. The van der Waals surface area contributed by atoms with Crippen LogP contribution in [0, 0.1) is 0 Å². The highest BCUT2D eigenvalue weighted by atomic mass is 32.2. The predicted molar refractivity (Wildman–Crippen MR) is 61.8 cm³/mol. The molecule has 0 unspecified atom stereocenters. The Morgan fingerprint density at radius 1 is 1.43 bits per heavy atom. The van der Waals surface area contributed by atoms with Gasteiger partial charge in [0.1, 0.15) is 0 Å². The minimum absolute atomic E-state index is 0.00958. The van der Waals surface area contributed by atoms with Gasteiger partial charge in [0, 0.05) is 12.6 Å². The fourth-order valence-electron chi connectivity index (χ4n) is 1.46. The Hall–Kier alpha value is -0.380.